The minimum absolute atomic E-state index is 0.0431. The zero-order chi connectivity index (χ0) is 14.8. The second-order valence-corrected chi connectivity index (χ2v) is 7.83. The SMILES string of the molecule is CCS(=O)(=O)c1ccc(Cl)cc1-c1csc(CCN)n1. The molecule has 2 N–H and O–H groups in total. The number of halogens is 1. The summed E-state index contributed by atoms with van der Waals surface area (Å²) in [6, 6.07) is 4.77. The largest absolute Gasteiger partial charge is 0.330 e. The molecule has 1 aromatic carbocycles. The van der Waals surface area contributed by atoms with Crippen molar-refractivity contribution < 1.29 is 8.42 Å². The molecule has 4 nitrogen and oxygen atoms in total. The standard InChI is InChI=1S/C13H15ClN2O2S2/c1-2-20(17,18)12-4-3-9(14)7-10(12)11-8-19-13(16-11)5-6-15/h3-4,7-8H,2,5-6,15H2,1H3. The number of thiazole rings is 1. The van der Waals surface area contributed by atoms with Gasteiger partial charge in [-0.25, -0.2) is 13.4 Å². The molecule has 0 aliphatic rings. The van der Waals surface area contributed by atoms with Gasteiger partial charge in [-0.05, 0) is 24.7 Å². The minimum Gasteiger partial charge on any atom is -0.330 e. The van der Waals surface area contributed by atoms with E-state index in [1.807, 2.05) is 5.38 Å². The van der Waals surface area contributed by atoms with Gasteiger partial charge in [-0.3, -0.25) is 0 Å². The summed E-state index contributed by atoms with van der Waals surface area (Å²) in [5.41, 5.74) is 6.69. The fraction of sp³-hybridized carbons (Fsp3) is 0.308. The molecule has 0 radical (unpaired) electrons. The van der Waals surface area contributed by atoms with Crippen LogP contribution in [-0.4, -0.2) is 25.7 Å². The Morgan fingerprint density at radius 2 is 2.15 bits per heavy atom. The van der Waals surface area contributed by atoms with E-state index in [2.05, 4.69) is 4.98 Å². The zero-order valence-corrected chi connectivity index (χ0v) is 13.4. The van der Waals surface area contributed by atoms with Gasteiger partial charge in [0.25, 0.3) is 0 Å². The molecule has 2 aromatic rings. The fourth-order valence-electron chi connectivity index (χ4n) is 1.80. The predicted molar refractivity (Wildman–Crippen MR) is 83.0 cm³/mol. The van der Waals surface area contributed by atoms with Gasteiger partial charge >= 0.3 is 0 Å². The Morgan fingerprint density at radius 3 is 2.80 bits per heavy atom. The Hall–Kier alpha value is -0.950. The van der Waals surface area contributed by atoms with E-state index in [-0.39, 0.29) is 10.6 Å². The molecule has 20 heavy (non-hydrogen) atoms. The fourth-order valence-corrected chi connectivity index (χ4v) is 3.87. The number of sulfone groups is 1. The van der Waals surface area contributed by atoms with Crippen molar-refractivity contribution in [2.24, 2.45) is 5.73 Å². The van der Waals surface area contributed by atoms with Crippen LogP contribution < -0.4 is 5.73 Å². The van der Waals surface area contributed by atoms with E-state index in [1.165, 1.54) is 11.3 Å². The molecular formula is C13H15ClN2O2S2. The highest BCUT2D eigenvalue weighted by Gasteiger charge is 2.19. The minimum atomic E-state index is -3.32. The van der Waals surface area contributed by atoms with Crippen LogP contribution in [0.1, 0.15) is 11.9 Å². The van der Waals surface area contributed by atoms with Gasteiger partial charge in [0.1, 0.15) is 0 Å². The van der Waals surface area contributed by atoms with Crippen molar-refractivity contribution in [1.29, 1.82) is 0 Å². The van der Waals surface area contributed by atoms with Gasteiger partial charge in [-0.1, -0.05) is 18.5 Å². The highest BCUT2D eigenvalue weighted by Crippen LogP contribution is 2.31. The third-order valence-corrected chi connectivity index (χ3v) is 5.77. The zero-order valence-electron chi connectivity index (χ0n) is 11.0. The summed E-state index contributed by atoms with van der Waals surface area (Å²) in [5, 5.41) is 3.22. The molecule has 0 atom stereocenters. The van der Waals surface area contributed by atoms with Gasteiger partial charge in [0.15, 0.2) is 9.84 Å². The first-order valence-corrected chi connectivity index (χ1v) is 9.06. The third kappa shape index (κ3) is 3.20. The number of rotatable bonds is 5. The monoisotopic (exact) mass is 330 g/mol. The summed E-state index contributed by atoms with van der Waals surface area (Å²) in [7, 11) is -3.32. The molecule has 0 bridgehead atoms. The Balaban J connectivity index is 2.57. The first kappa shape index (κ1) is 15.4. The summed E-state index contributed by atoms with van der Waals surface area (Å²) in [5.74, 6) is 0.0431. The van der Waals surface area contributed by atoms with Crippen LogP contribution in [0.2, 0.25) is 5.02 Å². The lowest BCUT2D eigenvalue weighted by molar-refractivity contribution is 0.597. The highest BCUT2D eigenvalue weighted by atomic mass is 35.5. The number of benzene rings is 1. The van der Waals surface area contributed by atoms with Crippen molar-refractivity contribution in [3.8, 4) is 11.3 Å². The van der Waals surface area contributed by atoms with Crippen LogP contribution in [0.4, 0.5) is 0 Å². The van der Waals surface area contributed by atoms with Crippen LogP contribution in [0.3, 0.4) is 0 Å². The molecular weight excluding hydrogens is 316 g/mol. The van der Waals surface area contributed by atoms with E-state index >= 15 is 0 Å². The number of hydrogen-bond donors (Lipinski definition) is 1. The first-order valence-electron chi connectivity index (χ1n) is 6.15. The maximum absolute atomic E-state index is 12.2. The number of nitrogens with two attached hydrogens (primary N) is 1. The van der Waals surface area contributed by atoms with Crippen LogP contribution in [0.25, 0.3) is 11.3 Å². The van der Waals surface area contributed by atoms with E-state index in [4.69, 9.17) is 17.3 Å². The van der Waals surface area contributed by atoms with Gasteiger partial charge < -0.3 is 5.73 Å². The van der Waals surface area contributed by atoms with Crippen molar-refractivity contribution in [2.75, 3.05) is 12.3 Å². The average molecular weight is 331 g/mol. The Bertz CT molecular complexity index is 711. The molecule has 0 saturated heterocycles. The molecule has 0 fully saturated rings. The molecule has 2 rings (SSSR count). The number of hydrogen-bond acceptors (Lipinski definition) is 5. The molecule has 0 unspecified atom stereocenters. The normalized spacial score (nSPS) is 11.8. The second kappa shape index (κ2) is 6.22. The van der Waals surface area contributed by atoms with Crippen molar-refractivity contribution in [3.05, 3.63) is 33.6 Å². The topological polar surface area (TPSA) is 73.0 Å². The molecule has 0 aliphatic carbocycles. The molecule has 1 aromatic heterocycles. The lowest BCUT2D eigenvalue weighted by Crippen LogP contribution is -2.06. The summed E-state index contributed by atoms with van der Waals surface area (Å²) < 4.78 is 24.3. The summed E-state index contributed by atoms with van der Waals surface area (Å²) in [4.78, 5) is 4.71. The van der Waals surface area contributed by atoms with E-state index in [0.717, 1.165) is 5.01 Å². The molecule has 108 valence electrons. The summed E-state index contributed by atoms with van der Waals surface area (Å²) in [6.45, 7) is 2.14. The van der Waals surface area contributed by atoms with Crippen molar-refractivity contribution in [2.45, 2.75) is 18.2 Å². The van der Waals surface area contributed by atoms with Crippen LogP contribution in [0.15, 0.2) is 28.5 Å². The van der Waals surface area contributed by atoms with Crippen molar-refractivity contribution in [1.82, 2.24) is 4.98 Å². The van der Waals surface area contributed by atoms with Gasteiger partial charge in [-0.2, -0.15) is 0 Å². The molecule has 0 aliphatic heterocycles. The maximum atomic E-state index is 12.2. The van der Waals surface area contributed by atoms with Crippen LogP contribution in [-0.2, 0) is 16.3 Å². The van der Waals surface area contributed by atoms with E-state index in [0.29, 0.717) is 29.2 Å². The molecule has 0 amide bonds. The Kier molecular flexibility index (Phi) is 4.80. The maximum Gasteiger partial charge on any atom is 0.178 e. The van der Waals surface area contributed by atoms with Crippen molar-refractivity contribution in [3.63, 3.8) is 0 Å². The number of aromatic nitrogens is 1. The first-order chi connectivity index (χ1) is 9.47. The quantitative estimate of drug-likeness (QED) is 0.914. The summed E-state index contributed by atoms with van der Waals surface area (Å²) in [6.07, 6.45) is 0.682. The molecule has 0 saturated carbocycles. The average Bonchev–Trinajstić information content (AvgIpc) is 2.87. The highest BCUT2D eigenvalue weighted by molar-refractivity contribution is 7.91. The van der Waals surface area contributed by atoms with Crippen LogP contribution >= 0.6 is 22.9 Å². The smallest absolute Gasteiger partial charge is 0.178 e. The van der Waals surface area contributed by atoms with Gasteiger partial charge in [0.2, 0.25) is 0 Å². The second-order valence-electron chi connectivity index (χ2n) is 4.21. The van der Waals surface area contributed by atoms with Gasteiger partial charge in [-0.15, -0.1) is 11.3 Å². The Labute approximate surface area is 127 Å². The van der Waals surface area contributed by atoms with Gasteiger partial charge in [0, 0.05) is 22.4 Å². The van der Waals surface area contributed by atoms with Crippen molar-refractivity contribution >= 4 is 32.8 Å². The summed E-state index contributed by atoms with van der Waals surface area (Å²) >= 11 is 7.46. The molecule has 0 spiro atoms. The number of nitrogens with zero attached hydrogens (tertiary/aromatic N) is 1. The van der Waals surface area contributed by atoms with Crippen LogP contribution in [0, 0.1) is 0 Å². The molecule has 7 heteroatoms. The van der Waals surface area contributed by atoms with E-state index < -0.39 is 9.84 Å². The van der Waals surface area contributed by atoms with Gasteiger partial charge in [0.05, 0.1) is 21.3 Å². The van der Waals surface area contributed by atoms with E-state index in [1.54, 1.807) is 25.1 Å². The van der Waals surface area contributed by atoms with Crippen LogP contribution in [0.5, 0.6) is 0 Å². The Morgan fingerprint density at radius 1 is 1.40 bits per heavy atom. The predicted octanol–water partition coefficient (Wildman–Crippen LogP) is 2.76. The third-order valence-electron chi connectivity index (χ3n) is 2.84. The lowest BCUT2D eigenvalue weighted by atomic mass is 10.2. The molecule has 1 heterocycles. The lowest BCUT2D eigenvalue weighted by Gasteiger charge is -2.08. The van der Waals surface area contributed by atoms with E-state index in [9.17, 15) is 8.42 Å².